The molecule has 0 aliphatic rings. The number of hydrogen-bond donors (Lipinski definition) is 2. The molecule has 5 nitrogen and oxygen atoms in total. The molecule has 1 rings (SSSR count). The Morgan fingerprint density at radius 3 is 2.37 bits per heavy atom. The smallest absolute Gasteiger partial charge is 0.371 e. The van der Waals surface area contributed by atoms with Crippen molar-refractivity contribution in [3.05, 3.63) is 23.7 Å². The number of carbonyl (C=O) groups is 2. The molecule has 19 heavy (non-hydrogen) atoms. The van der Waals surface area contributed by atoms with E-state index in [1.807, 2.05) is 0 Å². The van der Waals surface area contributed by atoms with Crippen LogP contribution in [0.15, 0.2) is 16.5 Å². The number of amides is 1. The topological polar surface area (TPSA) is 79.5 Å². The van der Waals surface area contributed by atoms with Crippen LogP contribution in [-0.2, 0) is 0 Å². The van der Waals surface area contributed by atoms with Gasteiger partial charge in [-0.2, -0.15) is 0 Å². The Kier molecular flexibility index (Phi) is 5.15. The number of carboxylic acids is 1. The standard InChI is InChI=1S/C14H21NO4/c1-14(2,3)8-4-5-9-15-12(16)10-6-7-11(19-10)13(17)18/h6-7H,4-5,8-9H2,1-3H3,(H,15,16)(H,17,18). The van der Waals surface area contributed by atoms with Crippen molar-refractivity contribution in [1.82, 2.24) is 5.32 Å². The Hall–Kier alpha value is -1.78. The number of furan rings is 1. The van der Waals surface area contributed by atoms with Crippen molar-refractivity contribution in [1.29, 1.82) is 0 Å². The Morgan fingerprint density at radius 2 is 1.84 bits per heavy atom. The summed E-state index contributed by atoms with van der Waals surface area (Å²) in [5.41, 5.74) is 0.307. The summed E-state index contributed by atoms with van der Waals surface area (Å²) in [4.78, 5) is 22.2. The maximum atomic E-state index is 11.6. The molecule has 5 heteroatoms. The van der Waals surface area contributed by atoms with Crippen LogP contribution in [0.4, 0.5) is 0 Å². The van der Waals surface area contributed by atoms with Gasteiger partial charge in [0.25, 0.3) is 5.91 Å². The molecule has 0 saturated heterocycles. The van der Waals surface area contributed by atoms with Crippen molar-refractivity contribution in [2.24, 2.45) is 5.41 Å². The minimum Gasteiger partial charge on any atom is -0.475 e. The minimum atomic E-state index is -1.18. The van der Waals surface area contributed by atoms with E-state index in [2.05, 4.69) is 26.1 Å². The summed E-state index contributed by atoms with van der Waals surface area (Å²) in [5, 5.41) is 11.4. The van der Waals surface area contributed by atoms with E-state index in [0.717, 1.165) is 19.3 Å². The van der Waals surface area contributed by atoms with E-state index in [-0.39, 0.29) is 17.4 Å². The molecule has 2 N–H and O–H groups in total. The van der Waals surface area contributed by atoms with Crippen LogP contribution in [0, 0.1) is 5.41 Å². The van der Waals surface area contributed by atoms with E-state index in [1.54, 1.807) is 0 Å². The zero-order valence-corrected chi connectivity index (χ0v) is 11.7. The Balaban J connectivity index is 2.29. The van der Waals surface area contributed by atoms with E-state index < -0.39 is 5.97 Å². The summed E-state index contributed by atoms with van der Waals surface area (Å²) in [6, 6.07) is 2.64. The fraction of sp³-hybridized carbons (Fsp3) is 0.571. The molecule has 0 saturated carbocycles. The molecule has 0 radical (unpaired) electrons. The highest BCUT2D eigenvalue weighted by Gasteiger charge is 2.14. The summed E-state index contributed by atoms with van der Waals surface area (Å²) in [5.74, 6) is -1.74. The second kappa shape index (κ2) is 6.41. The third-order valence-electron chi connectivity index (χ3n) is 2.68. The molecule has 1 heterocycles. The van der Waals surface area contributed by atoms with Gasteiger partial charge in [-0.15, -0.1) is 0 Å². The monoisotopic (exact) mass is 267 g/mol. The lowest BCUT2D eigenvalue weighted by Gasteiger charge is -2.17. The van der Waals surface area contributed by atoms with Crippen LogP contribution in [0.5, 0.6) is 0 Å². The van der Waals surface area contributed by atoms with E-state index in [4.69, 9.17) is 9.52 Å². The average Bonchev–Trinajstić information content (AvgIpc) is 2.76. The quantitative estimate of drug-likeness (QED) is 0.777. The number of unbranched alkanes of at least 4 members (excludes halogenated alkanes) is 1. The van der Waals surface area contributed by atoms with E-state index >= 15 is 0 Å². The van der Waals surface area contributed by atoms with Crippen LogP contribution in [0.25, 0.3) is 0 Å². The largest absolute Gasteiger partial charge is 0.475 e. The van der Waals surface area contributed by atoms with Gasteiger partial charge in [-0.3, -0.25) is 4.79 Å². The zero-order valence-electron chi connectivity index (χ0n) is 11.7. The molecule has 0 unspecified atom stereocenters. The minimum absolute atomic E-state index is 0.0354. The summed E-state index contributed by atoms with van der Waals surface area (Å²) in [6.45, 7) is 7.11. The highest BCUT2D eigenvalue weighted by atomic mass is 16.4. The first-order valence-corrected chi connectivity index (χ1v) is 6.41. The maximum absolute atomic E-state index is 11.6. The van der Waals surface area contributed by atoms with Crippen molar-refractivity contribution in [2.45, 2.75) is 40.0 Å². The van der Waals surface area contributed by atoms with Gasteiger partial charge in [0.2, 0.25) is 5.76 Å². The normalized spacial score (nSPS) is 11.3. The van der Waals surface area contributed by atoms with Gasteiger partial charge in [0.1, 0.15) is 0 Å². The lowest BCUT2D eigenvalue weighted by Crippen LogP contribution is -2.24. The molecule has 1 amide bonds. The molecule has 0 spiro atoms. The predicted octanol–water partition coefficient (Wildman–Crippen LogP) is 2.92. The molecule has 1 aromatic heterocycles. The molecule has 0 fully saturated rings. The lowest BCUT2D eigenvalue weighted by molar-refractivity contribution is 0.0659. The number of aromatic carboxylic acids is 1. The van der Waals surface area contributed by atoms with Crippen molar-refractivity contribution >= 4 is 11.9 Å². The second-order valence-electron chi connectivity index (χ2n) is 5.74. The SMILES string of the molecule is CC(C)(C)CCCCNC(=O)c1ccc(C(=O)O)o1. The van der Waals surface area contributed by atoms with Crippen LogP contribution in [0.2, 0.25) is 0 Å². The molecular formula is C14H21NO4. The fourth-order valence-corrected chi connectivity index (χ4v) is 1.64. The van der Waals surface area contributed by atoms with Crippen molar-refractivity contribution in [2.75, 3.05) is 6.54 Å². The molecule has 106 valence electrons. The maximum Gasteiger partial charge on any atom is 0.371 e. The average molecular weight is 267 g/mol. The van der Waals surface area contributed by atoms with Gasteiger partial charge < -0.3 is 14.8 Å². The fourth-order valence-electron chi connectivity index (χ4n) is 1.64. The van der Waals surface area contributed by atoms with Gasteiger partial charge in [0, 0.05) is 6.54 Å². The van der Waals surface area contributed by atoms with Gasteiger partial charge in [0.15, 0.2) is 5.76 Å². The van der Waals surface area contributed by atoms with Gasteiger partial charge in [-0.1, -0.05) is 27.2 Å². The third-order valence-corrected chi connectivity index (χ3v) is 2.68. The van der Waals surface area contributed by atoms with Gasteiger partial charge in [-0.05, 0) is 30.4 Å². The van der Waals surface area contributed by atoms with Gasteiger partial charge >= 0.3 is 5.97 Å². The van der Waals surface area contributed by atoms with Crippen LogP contribution >= 0.6 is 0 Å². The number of hydrogen-bond acceptors (Lipinski definition) is 3. The Morgan fingerprint density at radius 1 is 1.21 bits per heavy atom. The first-order chi connectivity index (χ1) is 8.79. The van der Waals surface area contributed by atoms with E-state index in [1.165, 1.54) is 12.1 Å². The number of rotatable bonds is 6. The Labute approximate surface area is 113 Å². The number of nitrogens with one attached hydrogen (secondary N) is 1. The van der Waals surface area contributed by atoms with Crippen LogP contribution in [0.1, 0.15) is 61.1 Å². The summed E-state index contributed by atoms with van der Waals surface area (Å²) >= 11 is 0. The van der Waals surface area contributed by atoms with E-state index in [0.29, 0.717) is 12.0 Å². The second-order valence-corrected chi connectivity index (χ2v) is 5.74. The zero-order chi connectivity index (χ0) is 14.5. The predicted molar refractivity (Wildman–Crippen MR) is 71.3 cm³/mol. The molecule has 1 aromatic rings. The first-order valence-electron chi connectivity index (χ1n) is 6.41. The first kappa shape index (κ1) is 15.3. The summed E-state index contributed by atoms with van der Waals surface area (Å²) in [7, 11) is 0. The van der Waals surface area contributed by atoms with Crippen molar-refractivity contribution in [3.63, 3.8) is 0 Å². The molecule has 0 aromatic carbocycles. The lowest BCUT2D eigenvalue weighted by atomic mass is 9.90. The molecule has 0 aliphatic heterocycles. The van der Waals surface area contributed by atoms with Crippen molar-refractivity contribution in [3.8, 4) is 0 Å². The van der Waals surface area contributed by atoms with E-state index in [9.17, 15) is 9.59 Å². The van der Waals surface area contributed by atoms with Crippen LogP contribution in [0.3, 0.4) is 0 Å². The molecule has 0 atom stereocenters. The highest BCUT2D eigenvalue weighted by molar-refractivity contribution is 5.93. The van der Waals surface area contributed by atoms with Crippen molar-refractivity contribution < 1.29 is 19.1 Å². The summed E-state index contributed by atoms with van der Waals surface area (Å²) in [6.07, 6.45) is 3.05. The molecular weight excluding hydrogens is 246 g/mol. The molecule has 0 bridgehead atoms. The van der Waals surface area contributed by atoms with Gasteiger partial charge in [0.05, 0.1) is 0 Å². The summed E-state index contributed by atoms with van der Waals surface area (Å²) < 4.78 is 4.91. The third kappa shape index (κ3) is 5.59. The highest BCUT2D eigenvalue weighted by Crippen LogP contribution is 2.21. The van der Waals surface area contributed by atoms with Gasteiger partial charge in [-0.25, -0.2) is 4.79 Å². The molecule has 0 aliphatic carbocycles. The Bertz CT molecular complexity index is 443. The van der Waals surface area contributed by atoms with Crippen LogP contribution in [-0.4, -0.2) is 23.5 Å². The number of carboxylic acid groups (broad SMARTS) is 1. The van der Waals surface area contributed by atoms with Crippen LogP contribution < -0.4 is 5.32 Å². The number of carbonyl (C=O) groups excluding carboxylic acids is 1.